The lowest BCUT2D eigenvalue weighted by atomic mass is 10.1. The van der Waals surface area contributed by atoms with E-state index in [1.54, 1.807) is 18.5 Å². The van der Waals surface area contributed by atoms with Crippen LogP contribution in [0.2, 0.25) is 5.02 Å². The Morgan fingerprint density at radius 1 is 1.64 bits per heavy atom. The number of halogens is 1. The molecule has 1 atom stereocenters. The van der Waals surface area contributed by atoms with Gasteiger partial charge in [0, 0.05) is 25.0 Å². The normalized spacial score (nSPS) is 13.0. The van der Waals surface area contributed by atoms with Gasteiger partial charge in [-0.25, -0.2) is 0 Å². The van der Waals surface area contributed by atoms with Crippen LogP contribution in [-0.2, 0) is 0 Å². The second kappa shape index (κ2) is 3.67. The molecule has 1 aromatic heterocycles. The topological polar surface area (TPSA) is 64.9 Å². The molecule has 0 bridgehead atoms. The molecule has 1 heterocycles. The standard InChI is InChI=1S/C7H10ClN3/c8-6-4-11-2-1-5(6)7(10)3-9/h1-2,4,7H,3,9-10H2/t7-/m0/s1. The van der Waals surface area contributed by atoms with Gasteiger partial charge in [0.05, 0.1) is 5.02 Å². The van der Waals surface area contributed by atoms with Crippen molar-refractivity contribution in [3.63, 3.8) is 0 Å². The Kier molecular flexibility index (Phi) is 2.82. The molecule has 0 amide bonds. The largest absolute Gasteiger partial charge is 0.329 e. The summed E-state index contributed by atoms with van der Waals surface area (Å²) in [6, 6.07) is 1.59. The Balaban J connectivity index is 2.93. The molecule has 0 aliphatic rings. The number of nitrogens with zero attached hydrogens (tertiary/aromatic N) is 1. The number of hydrogen-bond acceptors (Lipinski definition) is 3. The fraction of sp³-hybridized carbons (Fsp3) is 0.286. The molecule has 60 valence electrons. The van der Waals surface area contributed by atoms with E-state index >= 15 is 0 Å². The molecule has 0 spiro atoms. The van der Waals surface area contributed by atoms with Crippen LogP contribution in [0.5, 0.6) is 0 Å². The number of nitrogens with two attached hydrogens (primary N) is 2. The maximum absolute atomic E-state index is 5.80. The number of rotatable bonds is 2. The average molecular weight is 172 g/mol. The molecular weight excluding hydrogens is 162 g/mol. The Morgan fingerprint density at radius 2 is 2.36 bits per heavy atom. The summed E-state index contributed by atoms with van der Waals surface area (Å²) in [6.07, 6.45) is 3.21. The summed E-state index contributed by atoms with van der Waals surface area (Å²) in [7, 11) is 0. The minimum absolute atomic E-state index is 0.189. The third-order valence-electron chi connectivity index (χ3n) is 1.46. The first-order chi connectivity index (χ1) is 5.25. The van der Waals surface area contributed by atoms with Crippen LogP contribution in [0.15, 0.2) is 18.5 Å². The zero-order valence-corrected chi connectivity index (χ0v) is 6.75. The molecule has 0 radical (unpaired) electrons. The summed E-state index contributed by atoms with van der Waals surface area (Å²) < 4.78 is 0. The lowest BCUT2D eigenvalue weighted by Gasteiger charge is -2.09. The number of hydrogen-bond donors (Lipinski definition) is 2. The average Bonchev–Trinajstić information content (AvgIpc) is 2.04. The molecule has 0 saturated heterocycles. The Hall–Kier alpha value is -0.640. The van der Waals surface area contributed by atoms with Crippen molar-refractivity contribution in [1.82, 2.24) is 4.98 Å². The first-order valence-corrected chi connectivity index (χ1v) is 3.68. The van der Waals surface area contributed by atoms with Crippen LogP contribution in [0.25, 0.3) is 0 Å². The van der Waals surface area contributed by atoms with Gasteiger partial charge in [0.2, 0.25) is 0 Å². The SMILES string of the molecule is NC[C@H](N)c1ccncc1Cl. The van der Waals surface area contributed by atoms with E-state index in [0.717, 1.165) is 5.56 Å². The van der Waals surface area contributed by atoms with Crippen LogP contribution in [0.4, 0.5) is 0 Å². The van der Waals surface area contributed by atoms with E-state index in [0.29, 0.717) is 11.6 Å². The Labute approximate surface area is 70.4 Å². The summed E-state index contributed by atoms with van der Waals surface area (Å²) in [4.78, 5) is 3.83. The minimum atomic E-state index is -0.189. The molecule has 11 heavy (non-hydrogen) atoms. The van der Waals surface area contributed by atoms with Crippen molar-refractivity contribution >= 4 is 11.6 Å². The molecule has 3 nitrogen and oxygen atoms in total. The van der Waals surface area contributed by atoms with Gasteiger partial charge in [-0.1, -0.05) is 11.6 Å². The summed E-state index contributed by atoms with van der Waals surface area (Å²) in [5.74, 6) is 0. The second-order valence-corrected chi connectivity index (χ2v) is 2.65. The molecule has 1 rings (SSSR count). The second-order valence-electron chi connectivity index (χ2n) is 2.24. The highest BCUT2D eigenvalue weighted by Gasteiger charge is 2.06. The zero-order chi connectivity index (χ0) is 8.27. The summed E-state index contributed by atoms with van der Waals surface area (Å²) >= 11 is 5.80. The van der Waals surface area contributed by atoms with E-state index in [1.165, 1.54) is 0 Å². The highest BCUT2D eigenvalue weighted by molar-refractivity contribution is 6.31. The molecule has 0 unspecified atom stereocenters. The third kappa shape index (κ3) is 1.89. The summed E-state index contributed by atoms with van der Waals surface area (Å²) in [6.45, 7) is 0.393. The van der Waals surface area contributed by atoms with E-state index in [9.17, 15) is 0 Å². The van der Waals surface area contributed by atoms with Gasteiger partial charge in [-0.15, -0.1) is 0 Å². The van der Waals surface area contributed by atoms with Gasteiger partial charge < -0.3 is 11.5 Å². The predicted molar refractivity (Wildman–Crippen MR) is 45.2 cm³/mol. The van der Waals surface area contributed by atoms with E-state index in [2.05, 4.69) is 4.98 Å². The Morgan fingerprint density at radius 3 is 2.91 bits per heavy atom. The molecule has 4 heteroatoms. The van der Waals surface area contributed by atoms with Gasteiger partial charge in [-0.2, -0.15) is 0 Å². The van der Waals surface area contributed by atoms with Crippen LogP contribution in [0.1, 0.15) is 11.6 Å². The third-order valence-corrected chi connectivity index (χ3v) is 1.77. The molecule has 0 saturated carbocycles. The lowest BCUT2D eigenvalue weighted by molar-refractivity contribution is 0.736. The molecule has 0 aliphatic carbocycles. The van der Waals surface area contributed by atoms with E-state index in [-0.39, 0.29) is 6.04 Å². The van der Waals surface area contributed by atoms with Crippen molar-refractivity contribution in [2.75, 3.05) is 6.54 Å². The lowest BCUT2D eigenvalue weighted by Crippen LogP contribution is -2.21. The van der Waals surface area contributed by atoms with Gasteiger partial charge in [-0.3, -0.25) is 4.98 Å². The van der Waals surface area contributed by atoms with Crippen molar-refractivity contribution < 1.29 is 0 Å². The van der Waals surface area contributed by atoms with Crippen molar-refractivity contribution in [3.8, 4) is 0 Å². The first-order valence-electron chi connectivity index (χ1n) is 3.30. The maximum Gasteiger partial charge on any atom is 0.0637 e. The predicted octanol–water partition coefficient (Wildman–Crippen LogP) is 0.693. The van der Waals surface area contributed by atoms with E-state index in [1.807, 2.05) is 0 Å². The summed E-state index contributed by atoms with van der Waals surface area (Å²) in [5.41, 5.74) is 11.9. The van der Waals surface area contributed by atoms with Crippen molar-refractivity contribution in [1.29, 1.82) is 0 Å². The monoisotopic (exact) mass is 171 g/mol. The summed E-state index contributed by atoms with van der Waals surface area (Å²) in [5, 5.41) is 0.574. The van der Waals surface area contributed by atoms with Crippen molar-refractivity contribution in [2.24, 2.45) is 11.5 Å². The van der Waals surface area contributed by atoms with Crippen LogP contribution >= 0.6 is 11.6 Å². The van der Waals surface area contributed by atoms with Gasteiger partial charge >= 0.3 is 0 Å². The Bertz CT molecular complexity index is 239. The van der Waals surface area contributed by atoms with Crippen LogP contribution < -0.4 is 11.5 Å². The fourth-order valence-corrected chi connectivity index (χ4v) is 1.07. The number of aromatic nitrogens is 1. The van der Waals surface area contributed by atoms with Crippen molar-refractivity contribution in [3.05, 3.63) is 29.0 Å². The minimum Gasteiger partial charge on any atom is -0.329 e. The molecule has 0 aliphatic heterocycles. The quantitative estimate of drug-likeness (QED) is 0.689. The molecule has 4 N–H and O–H groups in total. The molecular formula is C7H10ClN3. The van der Waals surface area contributed by atoms with Gasteiger partial charge in [0.25, 0.3) is 0 Å². The van der Waals surface area contributed by atoms with Crippen molar-refractivity contribution in [2.45, 2.75) is 6.04 Å². The highest BCUT2D eigenvalue weighted by atomic mass is 35.5. The fourth-order valence-electron chi connectivity index (χ4n) is 0.814. The van der Waals surface area contributed by atoms with Gasteiger partial charge in [0.1, 0.15) is 0 Å². The van der Waals surface area contributed by atoms with Crippen LogP contribution in [0.3, 0.4) is 0 Å². The van der Waals surface area contributed by atoms with E-state index in [4.69, 9.17) is 23.1 Å². The first kappa shape index (κ1) is 8.46. The molecule has 0 fully saturated rings. The van der Waals surface area contributed by atoms with Crippen LogP contribution in [-0.4, -0.2) is 11.5 Å². The van der Waals surface area contributed by atoms with Crippen LogP contribution in [0, 0.1) is 0 Å². The maximum atomic E-state index is 5.80. The van der Waals surface area contributed by atoms with E-state index < -0.39 is 0 Å². The zero-order valence-electron chi connectivity index (χ0n) is 6.00. The van der Waals surface area contributed by atoms with Gasteiger partial charge in [0.15, 0.2) is 0 Å². The smallest absolute Gasteiger partial charge is 0.0637 e. The molecule has 0 aromatic carbocycles. The van der Waals surface area contributed by atoms with Gasteiger partial charge in [-0.05, 0) is 11.6 Å². The number of pyridine rings is 1. The molecule has 1 aromatic rings. The highest BCUT2D eigenvalue weighted by Crippen LogP contribution is 2.18.